The molecule has 0 aliphatic heterocycles. The number of hydrogen-bond donors (Lipinski definition) is 2. The summed E-state index contributed by atoms with van der Waals surface area (Å²) in [5.41, 5.74) is 0.791. The Kier molecular flexibility index (Phi) is 8.02. The van der Waals surface area contributed by atoms with Gasteiger partial charge in [-0.1, -0.05) is 48.0 Å². The summed E-state index contributed by atoms with van der Waals surface area (Å²) in [5, 5.41) is 3.65. The first-order valence-corrected chi connectivity index (χ1v) is 9.93. The second kappa shape index (κ2) is 9.09. The van der Waals surface area contributed by atoms with Crippen LogP contribution in [0, 0.1) is 6.92 Å². The molecule has 2 aromatic carbocycles. The largest absolute Gasteiger partial charge is 1.00 e. The van der Waals surface area contributed by atoms with Crippen molar-refractivity contribution >= 4 is 23.1 Å². The van der Waals surface area contributed by atoms with Crippen molar-refractivity contribution < 1.29 is 52.0 Å². The van der Waals surface area contributed by atoms with Gasteiger partial charge >= 0.3 is 37.2 Å². The molecule has 0 spiro atoms. The van der Waals surface area contributed by atoms with Crippen LogP contribution in [0.5, 0.6) is 0 Å². The van der Waals surface area contributed by atoms with Gasteiger partial charge in [0.2, 0.25) is 0 Å². The van der Waals surface area contributed by atoms with Gasteiger partial charge in [-0.05, 0) is 19.1 Å². The molecule has 0 aromatic heterocycles. The Morgan fingerprint density at radius 2 is 1.68 bits per heavy atom. The van der Waals surface area contributed by atoms with Gasteiger partial charge in [0, 0.05) is 12.7 Å². The van der Waals surface area contributed by atoms with Crippen molar-refractivity contribution in [3.05, 3.63) is 65.7 Å². The molecule has 1 unspecified atom stereocenters. The topological polar surface area (TPSA) is 105 Å². The summed E-state index contributed by atoms with van der Waals surface area (Å²) in [7, 11) is -7.19. The predicted octanol–water partition coefficient (Wildman–Crippen LogP) is -0.529. The Balaban J connectivity index is 0.00000312. The molecule has 0 amide bonds. The van der Waals surface area contributed by atoms with Gasteiger partial charge in [0.15, 0.2) is 5.45 Å². The maximum absolute atomic E-state index is 12.3. The summed E-state index contributed by atoms with van der Waals surface area (Å²) in [6, 6.07) is 14.2. The van der Waals surface area contributed by atoms with E-state index < -0.39 is 17.6 Å². The molecular weight excluding hydrogens is 374 g/mol. The van der Waals surface area contributed by atoms with Gasteiger partial charge in [-0.15, -0.1) is 0 Å². The van der Waals surface area contributed by atoms with Gasteiger partial charge in [0.05, 0.1) is 4.90 Å². The molecule has 2 N–H and O–H groups in total. The Bertz CT molecular complexity index is 886. The van der Waals surface area contributed by atoms with Crippen LogP contribution in [0.15, 0.2) is 64.6 Å². The van der Waals surface area contributed by atoms with Crippen molar-refractivity contribution in [2.24, 2.45) is 5.10 Å². The zero-order chi connectivity index (χ0) is 17.8. The minimum Gasteiger partial charge on any atom is -0.320 e. The molecular formula is C15H17N2NaO5PS+. The molecule has 0 aliphatic rings. The van der Waals surface area contributed by atoms with Crippen LogP contribution in [-0.2, 0) is 19.1 Å². The van der Waals surface area contributed by atoms with E-state index in [1.54, 1.807) is 30.3 Å². The fraction of sp³-hybridized carbons (Fsp3) is 0.133. The second-order valence-corrected chi connectivity index (χ2v) is 8.40. The molecule has 128 valence electrons. The molecule has 2 rings (SSSR count). The SMILES string of the molecule is COP(=O)(O)/C(=N/NS(=O)(=O)c1ccc(C)cc1)c1ccccc1.[Na+]. The molecule has 7 nitrogen and oxygen atoms in total. The summed E-state index contributed by atoms with van der Waals surface area (Å²) >= 11 is 0. The zero-order valence-corrected chi connectivity index (χ0v) is 17.8. The van der Waals surface area contributed by atoms with E-state index in [2.05, 4.69) is 9.63 Å². The van der Waals surface area contributed by atoms with Crippen molar-refractivity contribution in [3.63, 3.8) is 0 Å². The third kappa shape index (κ3) is 5.76. The first kappa shape index (κ1) is 22.1. The molecule has 2 aromatic rings. The normalized spacial score (nSPS) is 14.3. The van der Waals surface area contributed by atoms with Crippen molar-refractivity contribution in [2.75, 3.05) is 7.11 Å². The first-order chi connectivity index (χ1) is 11.3. The molecule has 0 aliphatic carbocycles. The van der Waals surface area contributed by atoms with Crippen molar-refractivity contribution in [2.45, 2.75) is 11.8 Å². The van der Waals surface area contributed by atoms with E-state index in [4.69, 9.17) is 0 Å². The van der Waals surface area contributed by atoms with E-state index in [1.807, 2.05) is 11.8 Å². The summed E-state index contributed by atoms with van der Waals surface area (Å²) in [4.78, 5) is 11.9. The molecule has 25 heavy (non-hydrogen) atoms. The van der Waals surface area contributed by atoms with Crippen molar-refractivity contribution in [1.29, 1.82) is 0 Å². The third-order valence-corrected chi connectivity index (χ3v) is 5.76. The molecule has 1 atom stereocenters. The third-order valence-electron chi connectivity index (χ3n) is 3.15. The van der Waals surface area contributed by atoms with Crippen molar-refractivity contribution in [3.8, 4) is 0 Å². The van der Waals surface area contributed by atoms with E-state index in [0.29, 0.717) is 0 Å². The zero-order valence-electron chi connectivity index (χ0n) is 14.1. The number of aryl methyl sites for hydroxylation is 1. The standard InChI is InChI=1S/C15H17N2O5PS.Na/c1-12-8-10-14(11-9-12)24(20,21)17-16-15(23(18,19)22-2)13-6-4-3-5-7-13;/h3-11,17H,1-2H3,(H,18,19);/q;+1/b16-15+;. The van der Waals surface area contributed by atoms with Crippen LogP contribution < -0.4 is 34.4 Å². The molecule has 0 bridgehead atoms. The summed E-state index contributed by atoms with van der Waals surface area (Å²) < 4.78 is 41.3. The molecule has 10 heteroatoms. The van der Waals surface area contributed by atoms with Gasteiger partial charge in [0.1, 0.15) is 0 Å². The minimum atomic E-state index is -4.27. The van der Waals surface area contributed by atoms with Gasteiger partial charge in [-0.25, -0.2) is 0 Å². The molecule has 0 radical (unpaired) electrons. The number of nitrogens with one attached hydrogen (secondary N) is 1. The molecule has 0 saturated heterocycles. The number of benzene rings is 2. The van der Waals surface area contributed by atoms with Gasteiger partial charge in [0.25, 0.3) is 10.0 Å². The molecule has 0 saturated carbocycles. The molecule has 0 heterocycles. The van der Waals surface area contributed by atoms with Crippen molar-refractivity contribution in [1.82, 2.24) is 4.83 Å². The van der Waals surface area contributed by atoms with E-state index in [-0.39, 0.29) is 45.5 Å². The van der Waals surface area contributed by atoms with Crippen LogP contribution in [0.25, 0.3) is 0 Å². The van der Waals surface area contributed by atoms with Crippen LogP contribution >= 0.6 is 7.60 Å². The van der Waals surface area contributed by atoms with Crippen LogP contribution in [-0.4, -0.2) is 25.9 Å². The van der Waals surface area contributed by atoms with E-state index in [9.17, 15) is 17.9 Å². The fourth-order valence-corrected chi connectivity index (χ4v) is 3.54. The van der Waals surface area contributed by atoms with Gasteiger partial charge in [-0.2, -0.15) is 18.4 Å². The maximum atomic E-state index is 12.3. The minimum absolute atomic E-state index is 0. The van der Waals surface area contributed by atoms with E-state index in [1.165, 1.54) is 24.3 Å². The van der Waals surface area contributed by atoms with Crippen LogP contribution in [0.2, 0.25) is 0 Å². The first-order valence-electron chi connectivity index (χ1n) is 6.87. The van der Waals surface area contributed by atoms with Gasteiger partial charge in [-0.3, -0.25) is 4.57 Å². The predicted molar refractivity (Wildman–Crippen MR) is 91.3 cm³/mol. The van der Waals surface area contributed by atoms with Crippen LogP contribution in [0.1, 0.15) is 11.1 Å². The van der Waals surface area contributed by atoms with E-state index >= 15 is 0 Å². The Morgan fingerprint density at radius 3 is 2.20 bits per heavy atom. The smallest absolute Gasteiger partial charge is 0.320 e. The monoisotopic (exact) mass is 391 g/mol. The number of hydrazone groups is 1. The number of sulfonamides is 1. The summed E-state index contributed by atoms with van der Waals surface area (Å²) in [5.74, 6) is 0. The molecule has 0 fully saturated rings. The number of nitrogens with zero attached hydrogens (tertiary/aromatic N) is 1. The Morgan fingerprint density at radius 1 is 1.12 bits per heavy atom. The number of rotatable bonds is 6. The van der Waals surface area contributed by atoms with Crippen LogP contribution in [0.3, 0.4) is 0 Å². The van der Waals surface area contributed by atoms with Gasteiger partial charge < -0.3 is 9.42 Å². The fourth-order valence-electron chi connectivity index (χ4n) is 1.84. The summed E-state index contributed by atoms with van der Waals surface area (Å²) in [6.07, 6.45) is 0. The Hall–Kier alpha value is -0.990. The quantitative estimate of drug-likeness (QED) is 0.298. The second-order valence-electron chi connectivity index (χ2n) is 4.91. The average molecular weight is 391 g/mol. The Labute approximate surface area is 169 Å². The average Bonchev–Trinajstić information content (AvgIpc) is 2.56. The maximum Gasteiger partial charge on any atom is 1.00 e. The summed E-state index contributed by atoms with van der Waals surface area (Å²) in [6.45, 7) is 1.83. The van der Waals surface area contributed by atoms with Crippen LogP contribution in [0.4, 0.5) is 0 Å². The number of hydrogen-bond acceptors (Lipinski definition) is 5. The van der Waals surface area contributed by atoms with E-state index in [0.717, 1.165) is 12.7 Å².